The van der Waals surface area contributed by atoms with Gasteiger partial charge < -0.3 is 5.32 Å². The highest BCUT2D eigenvalue weighted by Crippen LogP contribution is 2.06. The minimum atomic E-state index is 0.721. The van der Waals surface area contributed by atoms with Gasteiger partial charge in [-0.2, -0.15) is 0 Å². The van der Waals surface area contributed by atoms with Crippen molar-refractivity contribution in [1.82, 2.24) is 25.3 Å². The lowest BCUT2D eigenvalue weighted by atomic mass is 10.3. The van der Waals surface area contributed by atoms with Gasteiger partial charge in [0.15, 0.2) is 0 Å². The largest absolute Gasteiger partial charge is 0.314 e. The second-order valence-electron chi connectivity index (χ2n) is 3.41. The molecule has 0 radical (unpaired) electrons. The van der Waals surface area contributed by atoms with Crippen molar-refractivity contribution in [3.63, 3.8) is 0 Å². The molecule has 0 bridgehead atoms. The summed E-state index contributed by atoms with van der Waals surface area (Å²) in [7, 11) is 1.88. The van der Waals surface area contributed by atoms with Crippen molar-refractivity contribution in [2.45, 2.75) is 13.5 Å². The molecule has 0 unspecified atom stereocenters. The fourth-order valence-corrected chi connectivity index (χ4v) is 1.35. The lowest BCUT2D eigenvalue weighted by molar-refractivity contribution is 0.765. The van der Waals surface area contributed by atoms with Crippen molar-refractivity contribution in [2.24, 2.45) is 0 Å². The molecule has 5 heteroatoms. The maximum Gasteiger partial charge on any atom is 0.0969 e. The van der Waals surface area contributed by atoms with Crippen LogP contribution < -0.4 is 5.32 Å². The summed E-state index contributed by atoms with van der Waals surface area (Å²) in [4.78, 5) is 4.11. The number of rotatable bonds is 3. The van der Waals surface area contributed by atoms with E-state index >= 15 is 0 Å². The van der Waals surface area contributed by atoms with Crippen LogP contribution in [0, 0.1) is 6.92 Å². The van der Waals surface area contributed by atoms with Crippen molar-refractivity contribution in [2.75, 3.05) is 7.05 Å². The highest BCUT2D eigenvalue weighted by atomic mass is 15.4. The first-order valence-electron chi connectivity index (χ1n) is 4.77. The minimum absolute atomic E-state index is 0.721. The van der Waals surface area contributed by atoms with Crippen molar-refractivity contribution in [1.29, 1.82) is 0 Å². The summed E-state index contributed by atoms with van der Waals surface area (Å²) in [5.41, 5.74) is 2.96. The summed E-state index contributed by atoms with van der Waals surface area (Å²) < 4.78 is 1.73. The standard InChI is InChI=1S/C10H13N5/c1-8-3-10(6-12-4-8)15-7-9(5-11-2)13-14-15/h3-4,6-7,11H,5H2,1-2H3. The molecule has 0 saturated heterocycles. The monoisotopic (exact) mass is 203 g/mol. The van der Waals surface area contributed by atoms with Crippen LogP contribution in [0.5, 0.6) is 0 Å². The van der Waals surface area contributed by atoms with Crippen molar-refractivity contribution < 1.29 is 0 Å². The highest BCUT2D eigenvalue weighted by Gasteiger charge is 2.01. The Labute approximate surface area is 88.1 Å². The zero-order chi connectivity index (χ0) is 10.7. The Hall–Kier alpha value is -1.75. The second-order valence-corrected chi connectivity index (χ2v) is 3.41. The molecule has 2 aromatic rings. The van der Waals surface area contributed by atoms with Gasteiger partial charge in [0, 0.05) is 12.7 Å². The van der Waals surface area contributed by atoms with E-state index in [0.29, 0.717) is 0 Å². The van der Waals surface area contributed by atoms with Crippen molar-refractivity contribution in [3.8, 4) is 5.69 Å². The number of hydrogen-bond acceptors (Lipinski definition) is 4. The Morgan fingerprint density at radius 3 is 3.00 bits per heavy atom. The lowest BCUT2D eigenvalue weighted by Crippen LogP contribution is -2.05. The Bertz CT molecular complexity index is 449. The maximum atomic E-state index is 4.11. The lowest BCUT2D eigenvalue weighted by Gasteiger charge is -1.99. The molecule has 2 rings (SSSR count). The SMILES string of the molecule is CNCc1cn(-c2cncc(C)c2)nn1. The van der Waals surface area contributed by atoms with Gasteiger partial charge in [0.2, 0.25) is 0 Å². The molecule has 0 aliphatic carbocycles. The summed E-state index contributed by atoms with van der Waals surface area (Å²) in [5.74, 6) is 0. The number of aromatic nitrogens is 4. The highest BCUT2D eigenvalue weighted by molar-refractivity contribution is 5.30. The molecular formula is C10H13N5. The summed E-state index contributed by atoms with van der Waals surface area (Å²) >= 11 is 0. The molecule has 0 saturated carbocycles. The average molecular weight is 203 g/mol. The molecule has 5 nitrogen and oxygen atoms in total. The van der Waals surface area contributed by atoms with Gasteiger partial charge in [-0.3, -0.25) is 4.98 Å². The van der Waals surface area contributed by atoms with Gasteiger partial charge in [0.25, 0.3) is 0 Å². The molecule has 2 aromatic heterocycles. The van der Waals surface area contributed by atoms with Crippen LogP contribution in [-0.4, -0.2) is 27.0 Å². The Morgan fingerprint density at radius 2 is 2.27 bits per heavy atom. The van der Waals surface area contributed by atoms with Crippen molar-refractivity contribution >= 4 is 0 Å². The van der Waals surface area contributed by atoms with E-state index in [1.807, 2.05) is 32.4 Å². The molecule has 1 N–H and O–H groups in total. The van der Waals surface area contributed by atoms with Gasteiger partial charge in [-0.1, -0.05) is 5.21 Å². The molecule has 0 aromatic carbocycles. The predicted molar refractivity (Wildman–Crippen MR) is 56.7 cm³/mol. The van der Waals surface area contributed by atoms with Gasteiger partial charge in [-0.25, -0.2) is 4.68 Å². The Kier molecular flexibility index (Phi) is 2.73. The van der Waals surface area contributed by atoms with Crippen LogP contribution >= 0.6 is 0 Å². The van der Waals surface area contributed by atoms with E-state index in [9.17, 15) is 0 Å². The van der Waals surface area contributed by atoms with E-state index in [0.717, 1.165) is 23.5 Å². The molecule has 0 aliphatic heterocycles. The van der Waals surface area contributed by atoms with E-state index in [2.05, 4.69) is 20.6 Å². The zero-order valence-electron chi connectivity index (χ0n) is 8.81. The first kappa shape index (κ1) is 9.79. The molecule has 2 heterocycles. The van der Waals surface area contributed by atoms with Crippen LogP contribution in [0.3, 0.4) is 0 Å². The molecule has 0 atom stereocenters. The molecule has 15 heavy (non-hydrogen) atoms. The summed E-state index contributed by atoms with van der Waals surface area (Å²) in [5, 5.41) is 11.1. The molecular weight excluding hydrogens is 190 g/mol. The van der Waals surface area contributed by atoms with Crippen molar-refractivity contribution in [3.05, 3.63) is 35.9 Å². The van der Waals surface area contributed by atoms with Crippen LogP contribution in [0.15, 0.2) is 24.7 Å². The molecule has 0 aliphatic rings. The molecule has 0 amide bonds. The molecule has 0 fully saturated rings. The Balaban J connectivity index is 2.29. The van der Waals surface area contributed by atoms with Gasteiger partial charge in [-0.15, -0.1) is 5.10 Å². The predicted octanol–water partition coefficient (Wildman–Crippen LogP) is 0.690. The number of hydrogen-bond donors (Lipinski definition) is 1. The van der Waals surface area contributed by atoms with Gasteiger partial charge in [0.1, 0.15) is 0 Å². The normalized spacial score (nSPS) is 10.5. The number of nitrogens with one attached hydrogen (secondary N) is 1. The first-order valence-corrected chi connectivity index (χ1v) is 4.77. The fourth-order valence-electron chi connectivity index (χ4n) is 1.35. The number of pyridine rings is 1. The summed E-state index contributed by atoms with van der Waals surface area (Å²) in [6.45, 7) is 2.72. The zero-order valence-corrected chi connectivity index (χ0v) is 8.81. The van der Waals surface area contributed by atoms with E-state index in [1.54, 1.807) is 10.9 Å². The summed E-state index contributed by atoms with van der Waals surface area (Å²) in [6, 6.07) is 2.02. The van der Waals surface area contributed by atoms with Crippen LogP contribution in [-0.2, 0) is 6.54 Å². The van der Waals surface area contributed by atoms with E-state index in [-0.39, 0.29) is 0 Å². The number of nitrogens with zero attached hydrogens (tertiary/aromatic N) is 4. The van der Waals surface area contributed by atoms with E-state index < -0.39 is 0 Å². The smallest absolute Gasteiger partial charge is 0.0969 e. The third-order valence-electron chi connectivity index (χ3n) is 2.02. The topological polar surface area (TPSA) is 55.6 Å². The van der Waals surface area contributed by atoms with E-state index in [1.165, 1.54) is 0 Å². The quantitative estimate of drug-likeness (QED) is 0.797. The van der Waals surface area contributed by atoms with Gasteiger partial charge >= 0.3 is 0 Å². The van der Waals surface area contributed by atoms with Gasteiger partial charge in [0.05, 0.1) is 23.8 Å². The van der Waals surface area contributed by atoms with Gasteiger partial charge in [-0.05, 0) is 25.6 Å². The van der Waals surface area contributed by atoms with Crippen LogP contribution in [0.25, 0.3) is 5.69 Å². The van der Waals surface area contributed by atoms with Crippen LogP contribution in [0.2, 0.25) is 0 Å². The second kappa shape index (κ2) is 4.18. The third kappa shape index (κ3) is 2.19. The third-order valence-corrected chi connectivity index (χ3v) is 2.02. The fraction of sp³-hybridized carbons (Fsp3) is 0.300. The van der Waals surface area contributed by atoms with Crippen LogP contribution in [0.4, 0.5) is 0 Å². The van der Waals surface area contributed by atoms with Crippen LogP contribution in [0.1, 0.15) is 11.3 Å². The minimum Gasteiger partial charge on any atom is -0.314 e. The Morgan fingerprint density at radius 1 is 1.40 bits per heavy atom. The first-order chi connectivity index (χ1) is 7.29. The average Bonchev–Trinajstić information content (AvgIpc) is 2.67. The molecule has 0 spiro atoms. The van der Waals surface area contributed by atoms with E-state index in [4.69, 9.17) is 0 Å². The number of aryl methyl sites for hydroxylation is 1. The maximum absolute atomic E-state index is 4.11. The molecule has 78 valence electrons. The summed E-state index contributed by atoms with van der Waals surface area (Å²) in [6.07, 6.45) is 5.48.